The van der Waals surface area contributed by atoms with Crippen molar-refractivity contribution < 1.29 is 14.2 Å². The fourth-order valence-corrected chi connectivity index (χ4v) is 4.27. The summed E-state index contributed by atoms with van der Waals surface area (Å²) < 4.78 is 18.3. The Balaban J connectivity index is 1.56. The third-order valence-corrected chi connectivity index (χ3v) is 6.22. The number of benzene rings is 2. The van der Waals surface area contributed by atoms with E-state index in [4.69, 9.17) is 19.2 Å². The van der Waals surface area contributed by atoms with Crippen molar-refractivity contribution in [1.29, 1.82) is 0 Å². The molecule has 0 fully saturated rings. The van der Waals surface area contributed by atoms with E-state index >= 15 is 0 Å². The van der Waals surface area contributed by atoms with Crippen LogP contribution in [0.25, 0.3) is 28.2 Å². The van der Waals surface area contributed by atoms with Crippen LogP contribution in [0.3, 0.4) is 0 Å². The Kier molecular flexibility index (Phi) is 7.21. The summed E-state index contributed by atoms with van der Waals surface area (Å²) in [6, 6.07) is 20.0. The zero-order valence-corrected chi connectivity index (χ0v) is 21.8. The molecule has 0 aliphatic rings. The fourth-order valence-electron chi connectivity index (χ4n) is 4.27. The Hall–Kier alpha value is -4.85. The Bertz CT molecular complexity index is 1570. The molecule has 38 heavy (non-hydrogen) atoms. The average Bonchev–Trinajstić information content (AvgIpc) is 3.40. The smallest absolute Gasteiger partial charge is 0.144 e. The number of pyridine rings is 2. The average molecular weight is 508 g/mol. The summed E-state index contributed by atoms with van der Waals surface area (Å²) in [6.45, 7) is 0.559. The fraction of sp³-hybridized carbons (Fsp3) is 0.167. The lowest BCUT2D eigenvalue weighted by Crippen LogP contribution is -2.17. The molecule has 2 aromatic carbocycles. The van der Waals surface area contributed by atoms with Crippen molar-refractivity contribution in [2.75, 3.05) is 32.8 Å². The second kappa shape index (κ2) is 11.0. The largest absolute Gasteiger partial charge is 0.497 e. The van der Waals surface area contributed by atoms with E-state index in [1.807, 2.05) is 61.9 Å². The van der Waals surface area contributed by atoms with Crippen molar-refractivity contribution in [2.45, 2.75) is 0 Å². The summed E-state index contributed by atoms with van der Waals surface area (Å²) in [5, 5.41) is 5.34. The molecular weight excluding hydrogens is 478 g/mol. The molecule has 3 aromatic heterocycles. The Morgan fingerprint density at radius 2 is 1.68 bits per heavy atom. The number of fused-ring (bicyclic) bond motifs is 1. The number of methoxy groups -OCH3 is 3. The Labute approximate surface area is 221 Å². The highest BCUT2D eigenvalue weighted by molar-refractivity contribution is 5.86. The van der Waals surface area contributed by atoms with Crippen LogP contribution in [-0.2, 0) is 7.05 Å². The Morgan fingerprint density at radius 1 is 0.895 bits per heavy atom. The topological polar surface area (TPSA) is 74.5 Å². The highest BCUT2D eigenvalue weighted by Gasteiger charge is 2.14. The third-order valence-electron chi connectivity index (χ3n) is 6.22. The first-order valence-corrected chi connectivity index (χ1v) is 12.1. The van der Waals surface area contributed by atoms with Gasteiger partial charge in [-0.15, -0.1) is 0 Å². The van der Waals surface area contributed by atoms with Gasteiger partial charge in [-0.1, -0.05) is 18.2 Å². The third kappa shape index (κ3) is 5.29. The maximum Gasteiger partial charge on any atom is 0.144 e. The standard InChI is InChI=1S/C30H29N5O3/c1-34-20-22(19-32-34)27-12-10-21-9-11-23(17-29(21)33-27)35(24-15-25(36-2)18-26(16-24)37-3)14-6-7-28-30(38-4)8-5-13-31-28/h5-13,15-20H,14H2,1-4H3/b7-6-. The van der Waals surface area contributed by atoms with E-state index in [2.05, 4.69) is 45.3 Å². The maximum absolute atomic E-state index is 5.55. The van der Waals surface area contributed by atoms with Crippen LogP contribution in [0, 0.1) is 0 Å². The zero-order valence-electron chi connectivity index (χ0n) is 21.8. The Morgan fingerprint density at radius 3 is 2.39 bits per heavy atom. The minimum absolute atomic E-state index is 0.559. The quantitative estimate of drug-likeness (QED) is 0.246. The second-order valence-electron chi connectivity index (χ2n) is 8.65. The van der Waals surface area contributed by atoms with Gasteiger partial charge in [0.05, 0.1) is 38.7 Å². The summed E-state index contributed by atoms with van der Waals surface area (Å²) in [7, 11) is 6.84. The molecule has 8 nitrogen and oxygen atoms in total. The molecule has 0 unspecified atom stereocenters. The number of hydrogen-bond acceptors (Lipinski definition) is 7. The predicted octanol–water partition coefficient (Wildman–Crippen LogP) is 5.91. The summed E-state index contributed by atoms with van der Waals surface area (Å²) in [5.74, 6) is 2.13. The van der Waals surface area contributed by atoms with Crippen LogP contribution in [0.2, 0.25) is 0 Å². The molecule has 0 saturated heterocycles. The van der Waals surface area contributed by atoms with E-state index < -0.39 is 0 Å². The maximum atomic E-state index is 5.55. The van der Waals surface area contributed by atoms with Gasteiger partial charge >= 0.3 is 0 Å². The molecule has 8 heteroatoms. The van der Waals surface area contributed by atoms with E-state index in [0.29, 0.717) is 18.0 Å². The van der Waals surface area contributed by atoms with Crippen LogP contribution < -0.4 is 19.1 Å². The van der Waals surface area contributed by atoms with Crippen molar-refractivity contribution in [3.05, 3.63) is 91.0 Å². The highest BCUT2D eigenvalue weighted by atomic mass is 16.5. The van der Waals surface area contributed by atoms with Gasteiger partial charge in [-0.05, 0) is 36.4 Å². The van der Waals surface area contributed by atoms with Crippen LogP contribution in [-0.4, -0.2) is 47.6 Å². The predicted molar refractivity (Wildman–Crippen MR) is 150 cm³/mol. The molecule has 5 rings (SSSR count). The van der Waals surface area contributed by atoms with E-state index in [9.17, 15) is 0 Å². The van der Waals surface area contributed by atoms with Crippen LogP contribution in [0.5, 0.6) is 17.2 Å². The van der Waals surface area contributed by atoms with Gasteiger partial charge in [0.15, 0.2) is 0 Å². The number of aryl methyl sites for hydroxylation is 1. The van der Waals surface area contributed by atoms with Gasteiger partial charge in [-0.25, -0.2) is 4.98 Å². The van der Waals surface area contributed by atoms with Crippen molar-refractivity contribution in [3.63, 3.8) is 0 Å². The van der Waals surface area contributed by atoms with Gasteiger partial charge < -0.3 is 19.1 Å². The van der Waals surface area contributed by atoms with Crippen LogP contribution in [0.15, 0.2) is 85.3 Å². The number of hydrogen-bond donors (Lipinski definition) is 0. The molecule has 0 radical (unpaired) electrons. The first-order chi connectivity index (χ1) is 18.6. The number of ether oxygens (including phenoxy) is 3. The SMILES string of the molecule is COc1cc(OC)cc(N(C/C=C\c2ncccc2OC)c2ccc3ccc(-c4cnn(C)c4)nc3c2)c1. The molecule has 0 N–H and O–H groups in total. The van der Waals surface area contributed by atoms with Gasteiger partial charge in [-0.2, -0.15) is 5.10 Å². The van der Waals surface area contributed by atoms with Gasteiger partial charge in [0.1, 0.15) is 22.9 Å². The lowest BCUT2D eigenvalue weighted by molar-refractivity contribution is 0.394. The lowest BCUT2D eigenvalue weighted by atomic mass is 10.1. The summed E-state index contributed by atoms with van der Waals surface area (Å²) >= 11 is 0. The number of aromatic nitrogens is 4. The molecule has 192 valence electrons. The van der Waals surface area contributed by atoms with Gasteiger partial charge in [0.25, 0.3) is 0 Å². The normalized spacial score (nSPS) is 11.2. The first-order valence-electron chi connectivity index (χ1n) is 12.1. The molecule has 0 amide bonds. The van der Waals surface area contributed by atoms with Crippen LogP contribution in [0.1, 0.15) is 5.69 Å². The van der Waals surface area contributed by atoms with Crippen LogP contribution >= 0.6 is 0 Å². The van der Waals surface area contributed by atoms with Crippen molar-refractivity contribution in [3.8, 4) is 28.5 Å². The van der Waals surface area contributed by atoms with E-state index in [1.54, 1.807) is 32.2 Å². The molecular formula is C30H29N5O3. The highest BCUT2D eigenvalue weighted by Crippen LogP contribution is 2.34. The number of nitrogens with zero attached hydrogens (tertiary/aromatic N) is 5. The summed E-state index contributed by atoms with van der Waals surface area (Å²) in [6.07, 6.45) is 9.55. The number of anilines is 2. The van der Waals surface area contributed by atoms with E-state index in [1.165, 1.54) is 0 Å². The van der Waals surface area contributed by atoms with E-state index in [0.717, 1.165) is 45.0 Å². The molecule has 3 heterocycles. The van der Waals surface area contributed by atoms with E-state index in [-0.39, 0.29) is 0 Å². The summed E-state index contributed by atoms with van der Waals surface area (Å²) in [4.78, 5) is 11.6. The minimum atomic E-state index is 0.559. The molecule has 0 saturated carbocycles. The molecule has 0 bridgehead atoms. The zero-order chi connectivity index (χ0) is 26.5. The van der Waals surface area contributed by atoms with Gasteiger partial charge in [0, 0.05) is 66.5 Å². The summed E-state index contributed by atoms with van der Waals surface area (Å²) in [5.41, 5.74) is 5.39. The molecule has 0 aliphatic heterocycles. The van der Waals surface area contributed by atoms with Gasteiger partial charge in [-0.3, -0.25) is 9.67 Å². The van der Waals surface area contributed by atoms with Gasteiger partial charge in [0.2, 0.25) is 0 Å². The van der Waals surface area contributed by atoms with Crippen molar-refractivity contribution in [1.82, 2.24) is 19.7 Å². The number of rotatable bonds is 9. The monoisotopic (exact) mass is 507 g/mol. The second-order valence-corrected chi connectivity index (χ2v) is 8.65. The minimum Gasteiger partial charge on any atom is -0.497 e. The first kappa shape index (κ1) is 24.8. The molecule has 5 aromatic rings. The molecule has 0 spiro atoms. The molecule has 0 aliphatic carbocycles. The van der Waals surface area contributed by atoms with Crippen LogP contribution in [0.4, 0.5) is 11.4 Å². The molecule has 0 atom stereocenters. The van der Waals surface area contributed by atoms with Crippen molar-refractivity contribution in [2.24, 2.45) is 7.05 Å². The van der Waals surface area contributed by atoms with Crippen molar-refractivity contribution >= 4 is 28.4 Å². The lowest BCUT2D eigenvalue weighted by Gasteiger charge is -2.25.